The molecule has 0 amide bonds. The fourth-order valence-electron chi connectivity index (χ4n) is 1.22. The van der Waals surface area contributed by atoms with Gasteiger partial charge < -0.3 is 14.6 Å². The SMILES string of the molecule is COc1ccccc1OCC(CO)OS(N)(=O)=O. The molecular weight excluding hydrogens is 262 g/mol. The van der Waals surface area contributed by atoms with Crippen LogP contribution in [0, 0.1) is 0 Å². The molecule has 18 heavy (non-hydrogen) atoms. The number of rotatable bonds is 7. The molecule has 3 N–H and O–H groups in total. The van der Waals surface area contributed by atoms with Crippen LogP contribution in [0.3, 0.4) is 0 Å². The van der Waals surface area contributed by atoms with E-state index in [1.165, 1.54) is 7.11 Å². The van der Waals surface area contributed by atoms with Crippen LogP contribution in [-0.2, 0) is 14.5 Å². The number of para-hydroxylation sites is 2. The molecule has 102 valence electrons. The van der Waals surface area contributed by atoms with E-state index in [4.69, 9.17) is 19.7 Å². The maximum Gasteiger partial charge on any atom is 0.333 e. The van der Waals surface area contributed by atoms with E-state index in [0.29, 0.717) is 11.5 Å². The highest BCUT2D eigenvalue weighted by atomic mass is 32.2. The van der Waals surface area contributed by atoms with Crippen LogP contribution in [0.2, 0.25) is 0 Å². The highest BCUT2D eigenvalue weighted by Crippen LogP contribution is 2.25. The zero-order valence-electron chi connectivity index (χ0n) is 9.78. The highest BCUT2D eigenvalue weighted by Gasteiger charge is 2.16. The van der Waals surface area contributed by atoms with E-state index in [2.05, 4.69) is 4.18 Å². The largest absolute Gasteiger partial charge is 0.493 e. The predicted molar refractivity (Wildman–Crippen MR) is 63.6 cm³/mol. The fourth-order valence-corrected chi connectivity index (χ4v) is 1.72. The van der Waals surface area contributed by atoms with Gasteiger partial charge in [-0.3, -0.25) is 0 Å². The molecule has 1 aromatic carbocycles. The lowest BCUT2D eigenvalue weighted by molar-refractivity contribution is 0.0755. The third kappa shape index (κ3) is 4.88. The zero-order valence-corrected chi connectivity index (χ0v) is 10.6. The first-order valence-electron chi connectivity index (χ1n) is 5.04. The second kappa shape index (κ2) is 6.55. The minimum atomic E-state index is -4.13. The van der Waals surface area contributed by atoms with Crippen molar-refractivity contribution in [2.75, 3.05) is 20.3 Å². The van der Waals surface area contributed by atoms with Gasteiger partial charge in [-0.15, -0.1) is 0 Å². The van der Waals surface area contributed by atoms with Gasteiger partial charge in [-0.2, -0.15) is 8.42 Å². The second-order valence-electron chi connectivity index (χ2n) is 3.36. The third-order valence-corrected chi connectivity index (χ3v) is 2.51. The highest BCUT2D eigenvalue weighted by molar-refractivity contribution is 7.84. The van der Waals surface area contributed by atoms with Crippen molar-refractivity contribution in [3.63, 3.8) is 0 Å². The van der Waals surface area contributed by atoms with Gasteiger partial charge in [0, 0.05) is 0 Å². The Morgan fingerprint density at radius 1 is 1.33 bits per heavy atom. The fraction of sp³-hybridized carbons (Fsp3) is 0.400. The molecule has 7 nitrogen and oxygen atoms in total. The summed E-state index contributed by atoms with van der Waals surface area (Å²) in [6.07, 6.45) is -1.06. The van der Waals surface area contributed by atoms with Crippen LogP contribution in [0.1, 0.15) is 0 Å². The van der Waals surface area contributed by atoms with E-state index in [-0.39, 0.29) is 6.61 Å². The maximum atomic E-state index is 10.7. The van der Waals surface area contributed by atoms with E-state index in [1.54, 1.807) is 24.3 Å². The summed E-state index contributed by atoms with van der Waals surface area (Å²) in [7, 11) is -2.65. The number of nitrogens with two attached hydrogens (primary N) is 1. The van der Waals surface area contributed by atoms with Crippen molar-refractivity contribution in [1.82, 2.24) is 0 Å². The van der Waals surface area contributed by atoms with Crippen molar-refractivity contribution in [3.8, 4) is 11.5 Å². The first-order chi connectivity index (χ1) is 8.46. The molecule has 0 heterocycles. The topological polar surface area (TPSA) is 108 Å². The molecule has 0 saturated heterocycles. The third-order valence-electron chi connectivity index (χ3n) is 1.97. The molecule has 0 fully saturated rings. The van der Waals surface area contributed by atoms with Gasteiger partial charge in [-0.25, -0.2) is 9.32 Å². The van der Waals surface area contributed by atoms with Crippen LogP contribution in [0.25, 0.3) is 0 Å². The molecule has 0 bridgehead atoms. The Balaban J connectivity index is 2.62. The quantitative estimate of drug-likeness (QED) is 0.705. The molecule has 0 aliphatic carbocycles. The molecule has 1 unspecified atom stereocenters. The lowest BCUT2D eigenvalue weighted by atomic mass is 10.3. The van der Waals surface area contributed by atoms with Crippen molar-refractivity contribution < 1.29 is 27.2 Å². The lowest BCUT2D eigenvalue weighted by Gasteiger charge is -2.15. The average Bonchev–Trinajstić information content (AvgIpc) is 2.33. The van der Waals surface area contributed by atoms with E-state index < -0.39 is 23.0 Å². The number of aliphatic hydroxyl groups is 1. The Hall–Kier alpha value is -1.35. The summed E-state index contributed by atoms with van der Waals surface area (Å²) in [4.78, 5) is 0. The van der Waals surface area contributed by atoms with Gasteiger partial charge in [0.15, 0.2) is 11.5 Å². The number of benzene rings is 1. The molecule has 0 spiro atoms. The molecule has 0 aliphatic rings. The first kappa shape index (κ1) is 14.7. The van der Waals surface area contributed by atoms with E-state index in [9.17, 15) is 8.42 Å². The molecule has 8 heteroatoms. The summed E-state index contributed by atoms with van der Waals surface area (Å²) in [5, 5.41) is 13.6. The van der Waals surface area contributed by atoms with Gasteiger partial charge in [0.2, 0.25) is 0 Å². The lowest BCUT2D eigenvalue weighted by Crippen LogP contribution is -2.31. The number of ether oxygens (including phenoxy) is 2. The minimum absolute atomic E-state index is 0.173. The van der Waals surface area contributed by atoms with Crippen LogP contribution in [0.15, 0.2) is 24.3 Å². The van der Waals surface area contributed by atoms with Crippen LogP contribution in [0.5, 0.6) is 11.5 Å². The molecule has 0 aliphatic heterocycles. The van der Waals surface area contributed by atoms with Gasteiger partial charge in [0.25, 0.3) is 0 Å². The Bertz CT molecular complexity index is 475. The number of hydrogen-bond donors (Lipinski definition) is 2. The number of hydrogen-bond acceptors (Lipinski definition) is 6. The van der Waals surface area contributed by atoms with Gasteiger partial charge >= 0.3 is 10.3 Å². The van der Waals surface area contributed by atoms with Crippen LogP contribution >= 0.6 is 0 Å². The monoisotopic (exact) mass is 277 g/mol. The summed E-state index contributed by atoms with van der Waals surface area (Å²) in [5.74, 6) is 0.904. The molecule has 1 aromatic rings. The predicted octanol–water partition coefficient (Wildman–Crippen LogP) is -0.345. The molecule has 1 rings (SSSR count). The summed E-state index contributed by atoms with van der Waals surface area (Å²) < 4.78 is 36.2. The van der Waals surface area contributed by atoms with Crippen molar-refractivity contribution in [3.05, 3.63) is 24.3 Å². The Labute approximate surface area is 105 Å². The molecule has 0 aromatic heterocycles. The smallest absolute Gasteiger partial charge is 0.333 e. The van der Waals surface area contributed by atoms with Crippen LogP contribution in [0.4, 0.5) is 0 Å². The maximum absolute atomic E-state index is 10.7. The van der Waals surface area contributed by atoms with Gasteiger partial charge in [-0.1, -0.05) is 12.1 Å². The van der Waals surface area contributed by atoms with E-state index >= 15 is 0 Å². The molecular formula is C10H15NO6S. The van der Waals surface area contributed by atoms with Gasteiger partial charge in [0.1, 0.15) is 12.7 Å². The standard InChI is InChI=1S/C10H15NO6S/c1-15-9-4-2-3-5-10(9)16-7-8(6-12)17-18(11,13)14/h2-5,8,12H,6-7H2,1H3,(H2,11,13,14). The molecule has 0 radical (unpaired) electrons. The molecule has 1 atom stereocenters. The summed E-state index contributed by atoms with van der Waals surface area (Å²) >= 11 is 0. The number of methoxy groups -OCH3 is 1. The van der Waals surface area contributed by atoms with Crippen molar-refractivity contribution in [1.29, 1.82) is 0 Å². The van der Waals surface area contributed by atoms with E-state index in [1.807, 2.05) is 0 Å². The minimum Gasteiger partial charge on any atom is -0.493 e. The van der Waals surface area contributed by atoms with Crippen molar-refractivity contribution in [2.24, 2.45) is 5.14 Å². The summed E-state index contributed by atoms with van der Waals surface area (Å²) in [6.45, 7) is -0.709. The van der Waals surface area contributed by atoms with Crippen LogP contribution < -0.4 is 14.6 Å². The molecule has 0 saturated carbocycles. The number of aliphatic hydroxyl groups excluding tert-OH is 1. The average molecular weight is 277 g/mol. The Morgan fingerprint density at radius 3 is 2.44 bits per heavy atom. The van der Waals surface area contributed by atoms with Crippen molar-refractivity contribution in [2.45, 2.75) is 6.10 Å². The first-order valence-corrected chi connectivity index (χ1v) is 6.51. The van der Waals surface area contributed by atoms with E-state index in [0.717, 1.165) is 0 Å². The van der Waals surface area contributed by atoms with Crippen LogP contribution in [-0.4, -0.2) is 40.0 Å². The van der Waals surface area contributed by atoms with Gasteiger partial charge in [0.05, 0.1) is 13.7 Å². The zero-order chi connectivity index (χ0) is 13.6. The summed E-state index contributed by atoms with van der Waals surface area (Å²) in [6, 6.07) is 6.82. The Kier molecular flexibility index (Phi) is 5.35. The van der Waals surface area contributed by atoms with Crippen molar-refractivity contribution >= 4 is 10.3 Å². The normalized spacial score (nSPS) is 13.1. The second-order valence-corrected chi connectivity index (χ2v) is 4.53. The summed E-state index contributed by atoms with van der Waals surface area (Å²) in [5.41, 5.74) is 0. The van der Waals surface area contributed by atoms with Gasteiger partial charge in [-0.05, 0) is 12.1 Å². The Morgan fingerprint density at radius 2 is 1.94 bits per heavy atom.